The largest absolute Gasteiger partial charge is 0.502 e. The molecule has 2 N–H and O–H groups in total. The lowest BCUT2D eigenvalue weighted by molar-refractivity contribution is -0.386. The van der Waals surface area contributed by atoms with Crippen molar-refractivity contribution in [2.24, 2.45) is 5.10 Å². The van der Waals surface area contributed by atoms with E-state index >= 15 is 0 Å². The molecule has 110 valence electrons. The highest BCUT2D eigenvalue weighted by molar-refractivity contribution is 7.13. The number of nitrogens with one attached hydrogen (secondary N) is 1. The van der Waals surface area contributed by atoms with Gasteiger partial charge in [0, 0.05) is 16.5 Å². The number of hydrazone groups is 1. The SMILES string of the molecule is Cc1csc(NN=Cc2cc(Cl)c(C)c([N+](=O)[O-])c2O)n1. The first-order valence-electron chi connectivity index (χ1n) is 5.77. The number of thiazole rings is 1. The zero-order valence-corrected chi connectivity index (χ0v) is 12.7. The Balaban J connectivity index is 2.30. The molecule has 9 heteroatoms. The lowest BCUT2D eigenvalue weighted by Gasteiger charge is -2.05. The molecule has 0 bridgehead atoms. The first-order chi connectivity index (χ1) is 9.90. The van der Waals surface area contributed by atoms with Gasteiger partial charge >= 0.3 is 5.69 Å². The minimum absolute atomic E-state index is 0.151. The summed E-state index contributed by atoms with van der Waals surface area (Å²) in [6.07, 6.45) is 1.25. The molecule has 0 amide bonds. The van der Waals surface area contributed by atoms with Crippen LogP contribution in [0.1, 0.15) is 16.8 Å². The van der Waals surface area contributed by atoms with Crippen molar-refractivity contribution in [2.75, 3.05) is 5.43 Å². The molecular formula is C12H11ClN4O3S. The number of nitro benzene ring substituents is 1. The van der Waals surface area contributed by atoms with E-state index in [1.807, 2.05) is 12.3 Å². The lowest BCUT2D eigenvalue weighted by Crippen LogP contribution is -1.97. The summed E-state index contributed by atoms with van der Waals surface area (Å²) in [4.78, 5) is 14.4. The standard InChI is InChI=1S/C12H11ClN4O3S/c1-6-5-21-12(15-6)16-14-4-8-3-9(13)7(2)10(11(8)18)17(19)20/h3-5,18H,1-2H3,(H,15,16). The van der Waals surface area contributed by atoms with Crippen LogP contribution in [-0.4, -0.2) is 21.2 Å². The van der Waals surface area contributed by atoms with Crippen LogP contribution in [-0.2, 0) is 0 Å². The zero-order valence-electron chi connectivity index (χ0n) is 11.1. The number of phenolic OH excluding ortho intramolecular Hbond substituents is 1. The maximum Gasteiger partial charge on any atom is 0.315 e. The van der Waals surface area contributed by atoms with Crippen molar-refractivity contribution in [1.29, 1.82) is 0 Å². The molecule has 0 radical (unpaired) electrons. The Morgan fingerprint density at radius 2 is 2.29 bits per heavy atom. The Morgan fingerprint density at radius 1 is 1.57 bits per heavy atom. The van der Waals surface area contributed by atoms with Crippen LogP contribution in [0.4, 0.5) is 10.8 Å². The number of halogens is 1. The van der Waals surface area contributed by atoms with E-state index in [0.717, 1.165) is 5.69 Å². The molecule has 0 fully saturated rings. The summed E-state index contributed by atoms with van der Waals surface area (Å²) in [6, 6.07) is 1.41. The molecular weight excluding hydrogens is 316 g/mol. The zero-order chi connectivity index (χ0) is 15.6. The van der Waals surface area contributed by atoms with Crippen molar-refractivity contribution < 1.29 is 10.0 Å². The van der Waals surface area contributed by atoms with Crippen LogP contribution >= 0.6 is 22.9 Å². The fourth-order valence-corrected chi connectivity index (χ4v) is 2.47. The average molecular weight is 327 g/mol. The fraction of sp³-hybridized carbons (Fsp3) is 0.167. The van der Waals surface area contributed by atoms with Gasteiger partial charge in [-0.25, -0.2) is 4.98 Å². The van der Waals surface area contributed by atoms with Crippen molar-refractivity contribution in [1.82, 2.24) is 4.98 Å². The molecule has 0 aliphatic rings. The minimum Gasteiger partial charge on any atom is -0.502 e. The third-order valence-corrected chi connectivity index (χ3v) is 3.92. The smallest absolute Gasteiger partial charge is 0.315 e. The quantitative estimate of drug-likeness (QED) is 0.509. The van der Waals surface area contributed by atoms with Gasteiger partial charge < -0.3 is 5.11 Å². The Hall–Kier alpha value is -2.19. The first kappa shape index (κ1) is 15.2. The monoisotopic (exact) mass is 326 g/mol. The van der Waals surface area contributed by atoms with Gasteiger partial charge in [0.15, 0.2) is 0 Å². The predicted molar refractivity (Wildman–Crippen MR) is 82.6 cm³/mol. The summed E-state index contributed by atoms with van der Waals surface area (Å²) in [6.45, 7) is 3.32. The molecule has 1 heterocycles. The summed E-state index contributed by atoms with van der Waals surface area (Å²) in [5.41, 5.74) is 3.47. The molecule has 0 unspecified atom stereocenters. The number of hydrogen-bond acceptors (Lipinski definition) is 7. The molecule has 0 spiro atoms. The van der Waals surface area contributed by atoms with Gasteiger partial charge in [0.25, 0.3) is 0 Å². The molecule has 7 nitrogen and oxygen atoms in total. The Bertz CT molecular complexity index is 730. The highest BCUT2D eigenvalue weighted by Crippen LogP contribution is 2.36. The maximum absolute atomic E-state index is 11.0. The molecule has 0 aliphatic carbocycles. The number of aromatic nitrogens is 1. The Morgan fingerprint density at radius 3 is 2.86 bits per heavy atom. The van der Waals surface area contributed by atoms with Gasteiger partial charge in [-0.3, -0.25) is 15.5 Å². The van der Waals surface area contributed by atoms with E-state index < -0.39 is 16.4 Å². The van der Waals surface area contributed by atoms with E-state index in [2.05, 4.69) is 15.5 Å². The van der Waals surface area contributed by atoms with E-state index in [9.17, 15) is 15.2 Å². The summed E-state index contributed by atoms with van der Waals surface area (Å²) in [5, 5.41) is 27.4. The van der Waals surface area contributed by atoms with Gasteiger partial charge in [0.1, 0.15) is 0 Å². The maximum atomic E-state index is 11.0. The van der Waals surface area contributed by atoms with Gasteiger partial charge in [-0.2, -0.15) is 5.10 Å². The van der Waals surface area contributed by atoms with Crippen molar-refractivity contribution in [3.05, 3.63) is 43.4 Å². The average Bonchev–Trinajstić information content (AvgIpc) is 2.81. The summed E-state index contributed by atoms with van der Waals surface area (Å²) in [7, 11) is 0. The molecule has 2 rings (SSSR count). The van der Waals surface area contributed by atoms with Crippen molar-refractivity contribution in [3.8, 4) is 5.75 Å². The molecule has 21 heavy (non-hydrogen) atoms. The summed E-state index contributed by atoms with van der Waals surface area (Å²) >= 11 is 7.30. The van der Waals surface area contributed by atoms with Crippen LogP contribution in [0.15, 0.2) is 16.5 Å². The summed E-state index contributed by atoms with van der Waals surface area (Å²) in [5.74, 6) is -0.470. The number of anilines is 1. The molecule has 2 aromatic rings. The van der Waals surface area contributed by atoms with Crippen LogP contribution in [0.5, 0.6) is 5.75 Å². The van der Waals surface area contributed by atoms with E-state index in [1.54, 1.807) is 0 Å². The highest BCUT2D eigenvalue weighted by atomic mass is 35.5. The van der Waals surface area contributed by atoms with Gasteiger partial charge in [-0.1, -0.05) is 11.6 Å². The van der Waals surface area contributed by atoms with Gasteiger partial charge in [0.2, 0.25) is 10.9 Å². The third-order valence-electron chi connectivity index (χ3n) is 2.66. The van der Waals surface area contributed by atoms with Crippen molar-refractivity contribution >= 4 is 40.0 Å². The fourth-order valence-electron chi connectivity index (χ4n) is 1.62. The van der Waals surface area contributed by atoms with E-state index in [1.165, 1.54) is 30.5 Å². The van der Waals surface area contributed by atoms with E-state index in [4.69, 9.17) is 11.6 Å². The Kier molecular flexibility index (Phi) is 4.39. The lowest BCUT2D eigenvalue weighted by atomic mass is 10.1. The van der Waals surface area contributed by atoms with Crippen LogP contribution < -0.4 is 5.43 Å². The second-order valence-electron chi connectivity index (χ2n) is 4.19. The minimum atomic E-state index is -0.675. The van der Waals surface area contributed by atoms with Gasteiger partial charge in [0.05, 0.1) is 21.9 Å². The third kappa shape index (κ3) is 3.29. The number of aryl methyl sites for hydroxylation is 1. The molecule has 0 atom stereocenters. The number of rotatable bonds is 4. The normalized spacial score (nSPS) is 11.0. The topological polar surface area (TPSA) is 101 Å². The molecule has 0 saturated carbocycles. The van der Waals surface area contributed by atoms with Gasteiger partial charge in [-0.05, 0) is 19.9 Å². The van der Waals surface area contributed by atoms with Gasteiger partial charge in [-0.15, -0.1) is 11.3 Å². The number of hydrogen-bond donors (Lipinski definition) is 2. The second kappa shape index (κ2) is 6.06. The van der Waals surface area contributed by atoms with Crippen LogP contribution in [0.2, 0.25) is 5.02 Å². The second-order valence-corrected chi connectivity index (χ2v) is 5.46. The van der Waals surface area contributed by atoms with Crippen LogP contribution in [0, 0.1) is 24.0 Å². The molecule has 0 aliphatic heterocycles. The first-order valence-corrected chi connectivity index (χ1v) is 7.03. The van der Waals surface area contributed by atoms with Crippen LogP contribution in [0.25, 0.3) is 0 Å². The molecule has 1 aromatic heterocycles. The Labute approximate surface area is 129 Å². The number of nitro groups is 1. The number of aromatic hydroxyl groups is 1. The van der Waals surface area contributed by atoms with Crippen molar-refractivity contribution in [3.63, 3.8) is 0 Å². The number of benzene rings is 1. The number of nitrogens with zero attached hydrogens (tertiary/aromatic N) is 3. The van der Waals surface area contributed by atoms with E-state index in [0.29, 0.717) is 5.13 Å². The van der Waals surface area contributed by atoms with Crippen LogP contribution in [0.3, 0.4) is 0 Å². The predicted octanol–water partition coefficient (Wildman–Crippen LogP) is 3.47. The van der Waals surface area contributed by atoms with Crippen molar-refractivity contribution in [2.45, 2.75) is 13.8 Å². The molecule has 0 saturated heterocycles. The summed E-state index contributed by atoms with van der Waals surface area (Å²) < 4.78 is 0. The number of phenols is 1. The van der Waals surface area contributed by atoms with E-state index in [-0.39, 0.29) is 16.1 Å². The molecule has 1 aromatic carbocycles. The highest BCUT2D eigenvalue weighted by Gasteiger charge is 2.22.